The fourth-order valence-electron chi connectivity index (χ4n) is 0.735. The Bertz CT molecular complexity index is 106. The van der Waals surface area contributed by atoms with Crippen molar-refractivity contribution >= 4 is 0 Å². The topological polar surface area (TPSA) is 21.8 Å². The van der Waals surface area contributed by atoms with Crippen LogP contribution < -0.4 is 5.32 Å². The second-order valence-corrected chi connectivity index (χ2v) is 4.51. The molecule has 0 heterocycles. The molecule has 0 saturated carbocycles. The zero-order valence-electron chi connectivity index (χ0n) is 13.7. The molecule has 0 radical (unpaired) electrons. The summed E-state index contributed by atoms with van der Waals surface area (Å²) in [6.45, 7) is 8.49. The summed E-state index contributed by atoms with van der Waals surface area (Å²) in [5, 5.41) is 3.06. The Morgan fingerprint density at radius 3 is 1.06 bits per heavy atom. The fraction of sp³-hybridized carbons (Fsp3) is 1.00. The first-order valence-corrected chi connectivity index (χ1v) is 6.49. The minimum Gasteiger partial charge on any atom is -0.318 e. The quantitative estimate of drug-likeness (QED) is 0.754. The van der Waals surface area contributed by atoms with Crippen molar-refractivity contribution in [1.82, 2.24) is 20.0 Å². The van der Waals surface area contributed by atoms with Crippen LogP contribution in [0.5, 0.6) is 0 Å². The molecule has 0 unspecified atom stereocenters. The Hall–Kier alpha value is -0.160. The highest BCUT2D eigenvalue weighted by Gasteiger charge is 1.89. The zero-order valence-corrected chi connectivity index (χ0v) is 13.7. The van der Waals surface area contributed by atoms with Gasteiger partial charge in [-0.1, -0.05) is 13.8 Å². The van der Waals surface area contributed by atoms with Crippen LogP contribution in [0.3, 0.4) is 0 Å². The average molecular weight is 248 g/mol. The van der Waals surface area contributed by atoms with Gasteiger partial charge in [-0.25, -0.2) is 0 Å². The van der Waals surface area contributed by atoms with Crippen LogP contribution in [0.2, 0.25) is 0 Å². The maximum absolute atomic E-state index is 3.06. The van der Waals surface area contributed by atoms with E-state index < -0.39 is 0 Å². The first-order valence-electron chi connectivity index (χ1n) is 6.49. The predicted molar refractivity (Wildman–Crippen MR) is 80.9 cm³/mol. The van der Waals surface area contributed by atoms with Gasteiger partial charge in [-0.2, -0.15) is 0 Å². The molecule has 0 saturated heterocycles. The average Bonchev–Trinajstić information content (AvgIpc) is 2.27. The van der Waals surface area contributed by atoms with E-state index in [-0.39, 0.29) is 0 Å². The largest absolute Gasteiger partial charge is 0.318 e. The molecule has 0 aromatic carbocycles. The number of nitrogens with zero attached hydrogens (tertiary/aromatic N) is 3. The summed E-state index contributed by atoms with van der Waals surface area (Å²) < 4.78 is 0. The highest BCUT2D eigenvalue weighted by molar-refractivity contribution is 4.46. The second-order valence-electron chi connectivity index (χ2n) is 4.51. The van der Waals surface area contributed by atoms with Gasteiger partial charge in [0.1, 0.15) is 0 Å². The van der Waals surface area contributed by atoms with E-state index >= 15 is 0 Å². The lowest BCUT2D eigenvalue weighted by Gasteiger charge is -2.13. The van der Waals surface area contributed by atoms with E-state index in [9.17, 15) is 0 Å². The third-order valence-corrected chi connectivity index (χ3v) is 1.80. The van der Waals surface area contributed by atoms with Crippen molar-refractivity contribution in [3.63, 3.8) is 0 Å². The van der Waals surface area contributed by atoms with Gasteiger partial charge in [0.2, 0.25) is 0 Å². The monoisotopic (exact) mass is 248 g/mol. The highest BCUT2D eigenvalue weighted by atomic mass is 15.1. The van der Waals surface area contributed by atoms with E-state index in [4.69, 9.17) is 0 Å². The highest BCUT2D eigenvalue weighted by Crippen LogP contribution is 1.76. The summed E-state index contributed by atoms with van der Waals surface area (Å²) in [6, 6.07) is 0. The van der Waals surface area contributed by atoms with Gasteiger partial charge in [0, 0.05) is 26.2 Å². The minimum absolute atomic E-state index is 1.08. The molecule has 17 heavy (non-hydrogen) atoms. The predicted octanol–water partition coefficient (Wildman–Crippen LogP) is 0.903. The maximum Gasteiger partial charge on any atom is 0.0103 e. The summed E-state index contributed by atoms with van der Waals surface area (Å²) in [6.07, 6.45) is 0. The van der Waals surface area contributed by atoms with Crippen LogP contribution in [0, 0.1) is 0 Å². The van der Waals surface area contributed by atoms with Crippen molar-refractivity contribution in [2.45, 2.75) is 13.8 Å². The number of hydrogen-bond donors (Lipinski definition) is 1. The van der Waals surface area contributed by atoms with Gasteiger partial charge in [0.15, 0.2) is 0 Å². The summed E-state index contributed by atoms with van der Waals surface area (Å²) in [7, 11) is 14.4. The van der Waals surface area contributed by atoms with Crippen molar-refractivity contribution in [3.8, 4) is 0 Å². The Morgan fingerprint density at radius 1 is 0.647 bits per heavy atom. The molecule has 0 amide bonds. The Kier molecular flexibility index (Phi) is 23.6. The lowest BCUT2D eigenvalue weighted by atomic mass is 10.5. The van der Waals surface area contributed by atoms with Gasteiger partial charge in [0.25, 0.3) is 0 Å². The first-order chi connectivity index (χ1) is 7.90. The van der Waals surface area contributed by atoms with Crippen LogP contribution in [-0.2, 0) is 0 Å². The molecule has 0 aliphatic heterocycles. The third-order valence-electron chi connectivity index (χ3n) is 1.80. The van der Waals surface area contributed by atoms with E-state index in [2.05, 4.69) is 62.3 Å². The van der Waals surface area contributed by atoms with Crippen molar-refractivity contribution in [1.29, 1.82) is 0 Å². The van der Waals surface area contributed by atoms with Crippen LogP contribution in [-0.4, -0.2) is 90.2 Å². The Labute approximate surface area is 110 Å². The van der Waals surface area contributed by atoms with Crippen molar-refractivity contribution in [2.24, 2.45) is 0 Å². The molecule has 0 aliphatic rings. The molecule has 4 nitrogen and oxygen atoms in total. The fourth-order valence-corrected chi connectivity index (χ4v) is 0.735. The molecule has 0 fully saturated rings. The van der Waals surface area contributed by atoms with Crippen LogP contribution in [0.25, 0.3) is 0 Å². The number of likely N-dealkylation sites (N-methyl/N-ethyl adjacent to an activating group) is 4. The summed E-state index contributed by atoms with van der Waals surface area (Å²) in [5.41, 5.74) is 0. The number of hydrogen-bond acceptors (Lipinski definition) is 4. The van der Waals surface area contributed by atoms with Crippen LogP contribution in [0.15, 0.2) is 0 Å². The van der Waals surface area contributed by atoms with Crippen molar-refractivity contribution in [3.05, 3.63) is 0 Å². The van der Waals surface area contributed by atoms with E-state index in [0.29, 0.717) is 0 Å². The molecule has 4 heteroatoms. The van der Waals surface area contributed by atoms with Crippen LogP contribution >= 0.6 is 0 Å². The maximum atomic E-state index is 3.06. The second kappa shape index (κ2) is 18.2. The summed E-state index contributed by atoms with van der Waals surface area (Å²) in [4.78, 5) is 6.51. The van der Waals surface area contributed by atoms with E-state index in [1.807, 2.05) is 20.9 Å². The minimum atomic E-state index is 1.08. The third kappa shape index (κ3) is 38.8. The Morgan fingerprint density at radius 2 is 0.941 bits per heavy atom. The molecule has 0 aliphatic carbocycles. The van der Waals surface area contributed by atoms with E-state index in [1.54, 1.807) is 0 Å². The van der Waals surface area contributed by atoms with Gasteiger partial charge in [-0.3, -0.25) is 0 Å². The number of rotatable bonds is 6. The standard InChI is InChI=1S/C6H16N2.C5H14N2.C2H6/c1-7(2)5-6-8(3)4;1-6-4-5-7(2)3;1-2/h5-6H2,1-4H3;6H,4-5H2,1-3H3;1-2H3. The molecule has 0 aromatic rings. The molecule has 0 atom stereocenters. The normalized spacial score (nSPS) is 9.88. The molecule has 0 rings (SSSR count). The van der Waals surface area contributed by atoms with Crippen LogP contribution in [0.1, 0.15) is 13.8 Å². The SMILES string of the molecule is CC.CN(C)CCN(C)C.CNCCN(C)C. The molecule has 1 N–H and O–H groups in total. The molecular weight excluding hydrogens is 212 g/mol. The number of nitrogens with one attached hydrogen (secondary N) is 1. The zero-order chi connectivity index (χ0) is 14.3. The summed E-state index contributed by atoms with van der Waals surface area (Å²) >= 11 is 0. The lowest BCUT2D eigenvalue weighted by molar-refractivity contribution is 0.320. The Balaban J connectivity index is -0.000000202. The molecular formula is C13H36N4. The van der Waals surface area contributed by atoms with Gasteiger partial charge >= 0.3 is 0 Å². The van der Waals surface area contributed by atoms with Crippen LogP contribution in [0.4, 0.5) is 0 Å². The van der Waals surface area contributed by atoms with E-state index in [1.165, 1.54) is 0 Å². The summed E-state index contributed by atoms with van der Waals surface area (Å²) in [5.74, 6) is 0. The van der Waals surface area contributed by atoms with Gasteiger partial charge in [-0.15, -0.1) is 0 Å². The van der Waals surface area contributed by atoms with Gasteiger partial charge < -0.3 is 20.0 Å². The molecule has 0 bridgehead atoms. The van der Waals surface area contributed by atoms with Gasteiger partial charge in [-0.05, 0) is 49.3 Å². The van der Waals surface area contributed by atoms with Crippen molar-refractivity contribution in [2.75, 3.05) is 75.5 Å². The molecule has 0 aromatic heterocycles. The van der Waals surface area contributed by atoms with Gasteiger partial charge in [0.05, 0.1) is 0 Å². The first kappa shape index (κ1) is 22.1. The molecule has 0 spiro atoms. The van der Waals surface area contributed by atoms with Crippen molar-refractivity contribution < 1.29 is 0 Å². The molecule has 108 valence electrons. The van der Waals surface area contributed by atoms with E-state index in [0.717, 1.165) is 26.2 Å². The smallest absolute Gasteiger partial charge is 0.0103 e. The lowest BCUT2D eigenvalue weighted by Crippen LogP contribution is -2.25.